The van der Waals surface area contributed by atoms with Gasteiger partial charge < -0.3 is 10.1 Å². The molecular formula is C19H26F3N3O2. The molecule has 8 heteroatoms. The number of anilines is 1. The number of alkyl halides is 3. The Morgan fingerprint density at radius 2 is 1.81 bits per heavy atom. The molecule has 0 spiro atoms. The van der Waals surface area contributed by atoms with Crippen LogP contribution >= 0.6 is 0 Å². The van der Waals surface area contributed by atoms with E-state index in [0.29, 0.717) is 18.7 Å². The molecule has 1 unspecified atom stereocenters. The normalized spacial score (nSPS) is 22.6. The zero-order valence-corrected chi connectivity index (χ0v) is 15.3. The highest BCUT2D eigenvalue weighted by Crippen LogP contribution is 2.32. The number of amides is 1. The third-order valence-electron chi connectivity index (χ3n) is 5.08. The van der Waals surface area contributed by atoms with Gasteiger partial charge in [-0.15, -0.1) is 0 Å². The van der Waals surface area contributed by atoms with Crippen LogP contribution in [0, 0.1) is 5.92 Å². The van der Waals surface area contributed by atoms with E-state index < -0.39 is 12.1 Å². The first kappa shape index (κ1) is 20.1. The maximum absolute atomic E-state index is 12.9. The van der Waals surface area contributed by atoms with Crippen LogP contribution in [-0.4, -0.2) is 67.8 Å². The molecule has 0 aliphatic carbocycles. The number of nitrogens with zero attached hydrogens (tertiary/aromatic N) is 2. The summed E-state index contributed by atoms with van der Waals surface area (Å²) < 4.78 is 43.9. The summed E-state index contributed by atoms with van der Waals surface area (Å²) >= 11 is 0. The largest absolute Gasteiger partial charge is 0.393 e. The quantitative estimate of drug-likeness (QED) is 0.847. The minimum Gasteiger partial charge on any atom is -0.379 e. The molecule has 1 N–H and O–H groups in total. The van der Waals surface area contributed by atoms with Crippen molar-refractivity contribution in [2.75, 3.05) is 51.3 Å². The van der Waals surface area contributed by atoms with Crippen LogP contribution in [0.15, 0.2) is 24.3 Å². The Labute approximate surface area is 157 Å². The molecule has 1 atom stereocenters. The number of ether oxygens (including phenoxy) is 1. The van der Waals surface area contributed by atoms with Gasteiger partial charge in [0.15, 0.2) is 0 Å². The summed E-state index contributed by atoms with van der Waals surface area (Å²) in [6.45, 7) is 4.57. The Morgan fingerprint density at radius 3 is 2.48 bits per heavy atom. The van der Waals surface area contributed by atoms with E-state index >= 15 is 0 Å². The predicted molar refractivity (Wildman–Crippen MR) is 96.4 cm³/mol. The lowest BCUT2D eigenvalue weighted by atomic mass is 9.97. The molecule has 1 aromatic carbocycles. The molecule has 27 heavy (non-hydrogen) atoms. The van der Waals surface area contributed by atoms with Crippen molar-refractivity contribution in [3.8, 4) is 0 Å². The van der Waals surface area contributed by atoms with Gasteiger partial charge in [-0.3, -0.25) is 14.6 Å². The molecule has 2 aliphatic heterocycles. The molecule has 0 bridgehead atoms. The summed E-state index contributed by atoms with van der Waals surface area (Å²) in [5.41, 5.74) is 1.81. The van der Waals surface area contributed by atoms with Gasteiger partial charge in [0.1, 0.15) is 0 Å². The SMILES string of the molecule is O=C(CN1CCCC(C(F)(F)F)C1)Nc1ccc(CN2CCOCC2)cc1. The lowest BCUT2D eigenvalue weighted by Crippen LogP contribution is -2.44. The van der Waals surface area contributed by atoms with Gasteiger partial charge in [-0.25, -0.2) is 0 Å². The van der Waals surface area contributed by atoms with E-state index in [0.717, 1.165) is 38.4 Å². The number of nitrogens with one attached hydrogen (secondary N) is 1. The summed E-state index contributed by atoms with van der Waals surface area (Å²) in [6, 6.07) is 7.60. The van der Waals surface area contributed by atoms with E-state index in [4.69, 9.17) is 4.74 Å². The van der Waals surface area contributed by atoms with Crippen LogP contribution in [0.25, 0.3) is 0 Å². The number of halogens is 3. The summed E-state index contributed by atoms with van der Waals surface area (Å²) in [4.78, 5) is 16.1. The van der Waals surface area contributed by atoms with Crippen molar-refractivity contribution >= 4 is 11.6 Å². The third kappa shape index (κ3) is 6.19. The monoisotopic (exact) mass is 385 g/mol. The van der Waals surface area contributed by atoms with E-state index in [2.05, 4.69) is 10.2 Å². The molecule has 0 saturated carbocycles. The summed E-state index contributed by atoms with van der Waals surface area (Å²) in [6.07, 6.45) is -3.58. The van der Waals surface area contributed by atoms with E-state index in [9.17, 15) is 18.0 Å². The molecule has 1 amide bonds. The highest BCUT2D eigenvalue weighted by atomic mass is 19.4. The summed E-state index contributed by atoms with van der Waals surface area (Å²) in [7, 11) is 0. The number of rotatable bonds is 5. The number of likely N-dealkylation sites (tertiary alicyclic amines) is 1. The molecule has 0 radical (unpaired) electrons. The van der Waals surface area contributed by atoms with Gasteiger partial charge in [0.2, 0.25) is 5.91 Å². The maximum atomic E-state index is 12.9. The van der Waals surface area contributed by atoms with Crippen molar-refractivity contribution < 1.29 is 22.7 Å². The Balaban J connectivity index is 1.46. The molecule has 5 nitrogen and oxygen atoms in total. The second kappa shape index (κ2) is 9.03. The van der Waals surface area contributed by atoms with Crippen LogP contribution in [0.3, 0.4) is 0 Å². The smallest absolute Gasteiger partial charge is 0.379 e. The zero-order valence-electron chi connectivity index (χ0n) is 15.3. The molecule has 150 valence electrons. The fourth-order valence-corrected chi connectivity index (χ4v) is 3.58. The molecule has 3 rings (SSSR count). The third-order valence-corrected chi connectivity index (χ3v) is 5.08. The fraction of sp³-hybridized carbons (Fsp3) is 0.632. The number of carbonyl (C=O) groups excluding carboxylic acids is 1. The van der Waals surface area contributed by atoms with Gasteiger partial charge in [-0.1, -0.05) is 12.1 Å². The first-order valence-electron chi connectivity index (χ1n) is 9.38. The van der Waals surface area contributed by atoms with Crippen LogP contribution in [0.5, 0.6) is 0 Å². The number of benzene rings is 1. The average Bonchev–Trinajstić information content (AvgIpc) is 2.64. The van der Waals surface area contributed by atoms with Crippen LogP contribution in [-0.2, 0) is 16.1 Å². The van der Waals surface area contributed by atoms with Crippen molar-refractivity contribution in [1.29, 1.82) is 0 Å². The van der Waals surface area contributed by atoms with E-state index in [1.807, 2.05) is 24.3 Å². The van der Waals surface area contributed by atoms with Gasteiger partial charge in [-0.2, -0.15) is 13.2 Å². The van der Waals surface area contributed by atoms with Crippen molar-refractivity contribution in [1.82, 2.24) is 9.80 Å². The van der Waals surface area contributed by atoms with Gasteiger partial charge in [0.05, 0.1) is 25.7 Å². The fourth-order valence-electron chi connectivity index (χ4n) is 3.58. The van der Waals surface area contributed by atoms with Crippen LogP contribution < -0.4 is 5.32 Å². The topological polar surface area (TPSA) is 44.8 Å². The average molecular weight is 385 g/mol. The molecule has 2 heterocycles. The second-order valence-electron chi connectivity index (χ2n) is 7.25. The highest BCUT2D eigenvalue weighted by Gasteiger charge is 2.41. The molecule has 0 aromatic heterocycles. The summed E-state index contributed by atoms with van der Waals surface area (Å²) in [5, 5.41) is 2.78. The number of hydrogen-bond acceptors (Lipinski definition) is 4. The number of piperidine rings is 1. The molecule has 2 fully saturated rings. The number of morpholine rings is 1. The van der Waals surface area contributed by atoms with Gasteiger partial charge in [0.25, 0.3) is 0 Å². The van der Waals surface area contributed by atoms with E-state index in [-0.39, 0.29) is 25.4 Å². The molecule has 2 saturated heterocycles. The van der Waals surface area contributed by atoms with E-state index in [1.165, 1.54) is 0 Å². The standard InChI is InChI=1S/C19H26F3N3O2/c20-19(21,22)16-2-1-7-25(13-16)14-18(26)23-17-5-3-15(4-6-17)12-24-8-10-27-11-9-24/h3-6,16H,1-2,7-14H2,(H,23,26). The Bertz CT molecular complexity index is 616. The minimum absolute atomic E-state index is 0.0118. The van der Waals surface area contributed by atoms with Crippen LogP contribution in [0.2, 0.25) is 0 Å². The van der Waals surface area contributed by atoms with Crippen LogP contribution in [0.1, 0.15) is 18.4 Å². The van der Waals surface area contributed by atoms with Crippen molar-refractivity contribution in [2.24, 2.45) is 5.92 Å². The lowest BCUT2D eigenvalue weighted by molar-refractivity contribution is -0.186. The Hall–Kier alpha value is -1.64. The number of carbonyl (C=O) groups is 1. The van der Waals surface area contributed by atoms with Gasteiger partial charge in [0, 0.05) is 31.9 Å². The first-order chi connectivity index (χ1) is 12.9. The van der Waals surface area contributed by atoms with Crippen LogP contribution in [0.4, 0.5) is 18.9 Å². The van der Waals surface area contributed by atoms with Crippen molar-refractivity contribution in [3.63, 3.8) is 0 Å². The molecule has 2 aliphatic rings. The first-order valence-corrected chi connectivity index (χ1v) is 9.38. The predicted octanol–water partition coefficient (Wildman–Crippen LogP) is 2.73. The zero-order chi connectivity index (χ0) is 19.3. The van der Waals surface area contributed by atoms with E-state index in [1.54, 1.807) is 4.90 Å². The van der Waals surface area contributed by atoms with Crippen molar-refractivity contribution in [2.45, 2.75) is 25.6 Å². The molecular weight excluding hydrogens is 359 g/mol. The Morgan fingerprint density at radius 1 is 1.11 bits per heavy atom. The number of hydrogen-bond donors (Lipinski definition) is 1. The lowest BCUT2D eigenvalue weighted by Gasteiger charge is -2.33. The second-order valence-corrected chi connectivity index (χ2v) is 7.25. The maximum Gasteiger partial charge on any atom is 0.393 e. The highest BCUT2D eigenvalue weighted by molar-refractivity contribution is 5.92. The van der Waals surface area contributed by atoms with Crippen molar-refractivity contribution in [3.05, 3.63) is 29.8 Å². The Kier molecular flexibility index (Phi) is 6.73. The van der Waals surface area contributed by atoms with Gasteiger partial charge in [-0.05, 0) is 37.1 Å². The van der Waals surface area contributed by atoms with Gasteiger partial charge >= 0.3 is 6.18 Å². The molecule has 1 aromatic rings. The minimum atomic E-state index is -4.19. The summed E-state index contributed by atoms with van der Waals surface area (Å²) in [5.74, 6) is -1.61.